The van der Waals surface area contributed by atoms with Crippen molar-refractivity contribution in [2.75, 3.05) is 0 Å². The van der Waals surface area contributed by atoms with E-state index in [2.05, 4.69) is 52.1 Å². The molecular formula is C19H16N2OSe. The molecule has 1 N–H and O–H groups in total. The SMILES string of the molecule is OCc1ccc(-c2nn(Cc3ccccc3)c3cc[se]c23)cc1. The van der Waals surface area contributed by atoms with Gasteiger partial charge in [-0.2, -0.15) is 0 Å². The van der Waals surface area contributed by atoms with Gasteiger partial charge in [0.1, 0.15) is 0 Å². The quantitative estimate of drug-likeness (QED) is 0.562. The summed E-state index contributed by atoms with van der Waals surface area (Å²) in [6.45, 7) is 0.866. The molecule has 4 rings (SSSR count). The Morgan fingerprint density at radius 3 is 2.43 bits per heavy atom. The molecule has 2 aromatic heterocycles. The molecule has 2 heterocycles. The van der Waals surface area contributed by atoms with Crippen LogP contribution >= 0.6 is 0 Å². The van der Waals surface area contributed by atoms with Crippen LogP contribution in [0.15, 0.2) is 65.6 Å². The van der Waals surface area contributed by atoms with Gasteiger partial charge in [-0.3, -0.25) is 0 Å². The second-order valence-electron chi connectivity index (χ2n) is 5.48. The first-order valence-corrected chi connectivity index (χ1v) is 9.38. The van der Waals surface area contributed by atoms with Gasteiger partial charge in [-0.25, -0.2) is 0 Å². The topological polar surface area (TPSA) is 38.1 Å². The Morgan fingerprint density at radius 1 is 0.913 bits per heavy atom. The van der Waals surface area contributed by atoms with E-state index in [-0.39, 0.29) is 6.61 Å². The second kappa shape index (κ2) is 6.17. The van der Waals surface area contributed by atoms with Crippen molar-refractivity contribution in [3.63, 3.8) is 0 Å². The number of aliphatic hydroxyl groups is 1. The number of aromatic nitrogens is 2. The Morgan fingerprint density at radius 2 is 1.70 bits per heavy atom. The fourth-order valence-electron chi connectivity index (χ4n) is 2.74. The van der Waals surface area contributed by atoms with Gasteiger partial charge in [0.05, 0.1) is 0 Å². The number of aliphatic hydroxyl groups excluding tert-OH is 1. The van der Waals surface area contributed by atoms with E-state index in [0.29, 0.717) is 14.5 Å². The van der Waals surface area contributed by atoms with Crippen LogP contribution in [0.1, 0.15) is 11.1 Å². The zero-order valence-corrected chi connectivity index (χ0v) is 14.2. The molecule has 0 atom stereocenters. The van der Waals surface area contributed by atoms with Gasteiger partial charge in [0.25, 0.3) is 0 Å². The zero-order chi connectivity index (χ0) is 15.6. The Kier molecular flexibility index (Phi) is 3.88. The third kappa shape index (κ3) is 2.77. The molecule has 0 unspecified atom stereocenters. The average molecular weight is 367 g/mol. The minimum absolute atomic E-state index is 0.0757. The van der Waals surface area contributed by atoms with Crippen LogP contribution in [-0.4, -0.2) is 29.4 Å². The van der Waals surface area contributed by atoms with Crippen molar-refractivity contribution < 1.29 is 5.11 Å². The monoisotopic (exact) mass is 368 g/mol. The van der Waals surface area contributed by atoms with Crippen LogP contribution in [0.5, 0.6) is 0 Å². The summed E-state index contributed by atoms with van der Waals surface area (Å²) >= 11 is 0.343. The second-order valence-corrected chi connectivity index (χ2v) is 7.40. The van der Waals surface area contributed by atoms with Gasteiger partial charge in [-0.15, -0.1) is 0 Å². The Bertz CT molecular complexity index is 923. The van der Waals surface area contributed by atoms with E-state index in [1.807, 2.05) is 18.2 Å². The fraction of sp³-hybridized carbons (Fsp3) is 0.105. The normalized spacial score (nSPS) is 11.2. The Balaban J connectivity index is 1.77. The predicted molar refractivity (Wildman–Crippen MR) is 93.6 cm³/mol. The van der Waals surface area contributed by atoms with Crippen molar-refractivity contribution in [1.29, 1.82) is 0 Å². The van der Waals surface area contributed by atoms with E-state index in [1.165, 1.54) is 15.3 Å². The molecule has 0 amide bonds. The van der Waals surface area contributed by atoms with Gasteiger partial charge in [0.15, 0.2) is 0 Å². The number of benzene rings is 2. The summed E-state index contributed by atoms with van der Waals surface area (Å²) < 4.78 is 3.45. The number of nitrogens with zero attached hydrogens (tertiary/aromatic N) is 2. The van der Waals surface area contributed by atoms with Crippen LogP contribution < -0.4 is 0 Å². The number of hydrogen-bond acceptors (Lipinski definition) is 2. The third-order valence-corrected chi connectivity index (χ3v) is 5.85. The van der Waals surface area contributed by atoms with E-state index >= 15 is 0 Å². The van der Waals surface area contributed by atoms with E-state index in [1.54, 1.807) is 0 Å². The van der Waals surface area contributed by atoms with Crippen LogP contribution in [-0.2, 0) is 13.2 Å². The molecule has 0 saturated carbocycles. The first-order chi connectivity index (χ1) is 11.3. The molecule has 4 aromatic rings. The molecule has 0 spiro atoms. The van der Waals surface area contributed by atoms with Gasteiger partial charge in [0, 0.05) is 0 Å². The van der Waals surface area contributed by atoms with Crippen LogP contribution in [0.4, 0.5) is 0 Å². The minimum atomic E-state index is 0.0757. The first-order valence-electron chi connectivity index (χ1n) is 7.53. The van der Waals surface area contributed by atoms with Crippen molar-refractivity contribution in [2.24, 2.45) is 0 Å². The van der Waals surface area contributed by atoms with E-state index in [0.717, 1.165) is 23.4 Å². The standard InChI is InChI=1S/C19H16N2OSe/c22-13-15-6-8-16(9-7-15)18-19-17(10-11-23-19)21(20-18)12-14-4-2-1-3-5-14/h1-11,22H,12-13H2. The van der Waals surface area contributed by atoms with E-state index < -0.39 is 0 Å². The van der Waals surface area contributed by atoms with Crippen molar-refractivity contribution >= 4 is 24.3 Å². The molecule has 2 aromatic carbocycles. The summed E-state index contributed by atoms with van der Waals surface area (Å²) in [5.74, 6) is 0. The molecule has 0 aliphatic rings. The molecule has 114 valence electrons. The Labute approximate surface area is 140 Å². The number of hydrogen-bond donors (Lipinski definition) is 1. The summed E-state index contributed by atoms with van der Waals surface area (Å²) in [5.41, 5.74) is 5.61. The predicted octanol–water partition coefficient (Wildman–Crippen LogP) is 3.30. The summed E-state index contributed by atoms with van der Waals surface area (Å²) in [6, 6.07) is 20.7. The fourth-order valence-corrected chi connectivity index (χ4v) is 4.62. The molecule has 0 saturated heterocycles. The molecule has 3 nitrogen and oxygen atoms in total. The number of fused-ring (bicyclic) bond motifs is 1. The van der Waals surface area contributed by atoms with Crippen LogP contribution in [0.25, 0.3) is 21.0 Å². The van der Waals surface area contributed by atoms with Crippen LogP contribution in [0.2, 0.25) is 0 Å². The molecule has 4 heteroatoms. The van der Waals surface area contributed by atoms with Crippen molar-refractivity contribution in [2.45, 2.75) is 13.2 Å². The summed E-state index contributed by atoms with van der Waals surface area (Å²) in [7, 11) is 0. The third-order valence-electron chi connectivity index (χ3n) is 3.94. The van der Waals surface area contributed by atoms with Gasteiger partial charge >= 0.3 is 140 Å². The molecule has 0 aliphatic carbocycles. The van der Waals surface area contributed by atoms with Crippen molar-refractivity contribution in [3.05, 3.63) is 76.7 Å². The first kappa shape index (κ1) is 14.5. The summed E-state index contributed by atoms with van der Waals surface area (Å²) in [5, 5.41) is 14.1. The van der Waals surface area contributed by atoms with Crippen LogP contribution in [0.3, 0.4) is 0 Å². The molecule has 0 aliphatic heterocycles. The van der Waals surface area contributed by atoms with E-state index in [4.69, 9.17) is 5.10 Å². The molecule has 0 radical (unpaired) electrons. The molecule has 0 fully saturated rings. The maximum absolute atomic E-state index is 9.20. The number of rotatable bonds is 4. The summed E-state index contributed by atoms with van der Waals surface area (Å²) in [6.07, 6.45) is 0. The molecule has 0 bridgehead atoms. The average Bonchev–Trinajstić information content (AvgIpc) is 3.20. The van der Waals surface area contributed by atoms with Gasteiger partial charge < -0.3 is 0 Å². The summed E-state index contributed by atoms with van der Waals surface area (Å²) in [4.78, 5) is 2.26. The zero-order valence-electron chi connectivity index (χ0n) is 12.5. The van der Waals surface area contributed by atoms with Gasteiger partial charge in [-0.1, -0.05) is 0 Å². The van der Waals surface area contributed by atoms with Gasteiger partial charge in [0.2, 0.25) is 0 Å². The van der Waals surface area contributed by atoms with E-state index in [9.17, 15) is 5.11 Å². The molecule has 23 heavy (non-hydrogen) atoms. The maximum atomic E-state index is 9.20. The van der Waals surface area contributed by atoms with Gasteiger partial charge in [-0.05, 0) is 0 Å². The Hall–Kier alpha value is -2.13. The van der Waals surface area contributed by atoms with Crippen LogP contribution in [0, 0.1) is 0 Å². The molecular weight excluding hydrogens is 351 g/mol. The van der Waals surface area contributed by atoms with Crippen molar-refractivity contribution in [1.82, 2.24) is 9.78 Å². The van der Waals surface area contributed by atoms with Crippen molar-refractivity contribution in [3.8, 4) is 11.3 Å².